The van der Waals surface area contributed by atoms with Crippen LogP contribution in [0.3, 0.4) is 0 Å². The maximum Gasteiger partial charge on any atom is 0.306 e. The summed E-state index contributed by atoms with van der Waals surface area (Å²) >= 11 is 0. The van der Waals surface area contributed by atoms with Crippen molar-refractivity contribution in [1.82, 2.24) is 0 Å². The maximum atomic E-state index is 12.9. The van der Waals surface area contributed by atoms with Gasteiger partial charge >= 0.3 is 11.9 Å². The average molecular weight is 961 g/mol. The second-order valence-electron chi connectivity index (χ2n) is 19.3. The molecule has 0 aliphatic carbocycles. The largest absolute Gasteiger partial charge is 0.462 e. The van der Waals surface area contributed by atoms with Crippen LogP contribution in [0.1, 0.15) is 258 Å². The minimum Gasteiger partial charge on any atom is -0.462 e. The molecule has 6 unspecified atom stereocenters. The number of aliphatic hydroxyl groups is 3. The molecule has 6 atom stereocenters. The number of esters is 2. The second-order valence-corrected chi connectivity index (χ2v) is 20.8. The van der Waals surface area contributed by atoms with E-state index < -0.39 is 71.2 Å². The van der Waals surface area contributed by atoms with Gasteiger partial charge in [0, 0.05) is 12.8 Å². The molecular weight excluding hydrogens is 861 g/mol. The second kappa shape index (κ2) is 43.4. The number of unbranched alkanes of at least 4 members (excludes halogenated alkanes) is 33. The van der Waals surface area contributed by atoms with Crippen molar-refractivity contribution in [1.29, 1.82) is 0 Å². The summed E-state index contributed by atoms with van der Waals surface area (Å²) in [6.07, 6.45) is 39.6. The van der Waals surface area contributed by atoms with Crippen LogP contribution in [0, 0.1) is 0 Å². The molecule has 4 N–H and O–H groups in total. The summed E-state index contributed by atoms with van der Waals surface area (Å²) in [5.74, 6) is -1.96. The third-order valence-corrected chi connectivity index (χ3v) is 13.6. The predicted octanol–water partition coefficient (Wildman–Crippen LogP) is 12.6. The van der Waals surface area contributed by atoms with Gasteiger partial charge in [-0.2, -0.15) is 8.42 Å². The Morgan fingerprint density at radius 1 is 0.500 bits per heavy atom. The number of ether oxygens (including phenoxy) is 4. The molecular formula is C53H100O12S. The van der Waals surface area contributed by atoms with Crippen molar-refractivity contribution < 1.29 is 56.8 Å². The summed E-state index contributed by atoms with van der Waals surface area (Å²) in [5, 5.41) is 31.0. The first kappa shape index (κ1) is 62.4. The quantitative estimate of drug-likeness (QED) is 0.0196. The lowest BCUT2D eigenvalue weighted by Gasteiger charge is -2.40. The highest BCUT2D eigenvalue weighted by atomic mass is 32.2. The summed E-state index contributed by atoms with van der Waals surface area (Å²) < 4.78 is 54.3. The number of hydrogen-bond donors (Lipinski definition) is 4. The molecule has 1 heterocycles. The summed E-state index contributed by atoms with van der Waals surface area (Å²) in [6, 6.07) is 0. The molecule has 1 aliphatic rings. The Hall–Kier alpha value is -1.61. The Bertz CT molecular complexity index is 1260. The number of rotatable bonds is 47. The Morgan fingerprint density at radius 2 is 0.864 bits per heavy atom. The minimum atomic E-state index is -4.60. The normalized spacial score (nSPS) is 19.4. The Kier molecular flexibility index (Phi) is 41.0. The van der Waals surface area contributed by atoms with Crippen molar-refractivity contribution in [2.75, 3.05) is 19.0 Å². The van der Waals surface area contributed by atoms with E-state index in [4.69, 9.17) is 18.9 Å². The molecule has 66 heavy (non-hydrogen) atoms. The van der Waals surface area contributed by atoms with Crippen LogP contribution in [0.4, 0.5) is 0 Å². The summed E-state index contributed by atoms with van der Waals surface area (Å²) in [6.45, 7) is 3.81. The zero-order valence-corrected chi connectivity index (χ0v) is 42.9. The lowest BCUT2D eigenvalue weighted by molar-refractivity contribution is -0.297. The van der Waals surface area contributed by atoms with Crippen molar-refractivity contribution in [3.8, 4) is 0 Å². The lowest BCUT2D eigenvalue weighted by Crippen LogP contribution is -2.60. The van der Waals surface area contributed by atoms with Gasteiger partial charge in [-0.25, -0.2) is 0 Å². The van der Waals surface area contributed by atoms with Crippen LogP contribution in [-0.4, -0.2) is 96.0 Å². The molecule has 0 amide bonds. The van der Waals surface area contributed by atoms with Gasteiger partial charge in [-0.3, -0.25) is 14.1 Å². The van der Waals surface area contributed by atoms with Gasteiger partial charge in [0.1, 0.15) is 36.8 Å². The summed E-state index contributed by atoms with van der Waals surface area (Å²) in [5.41, 5.74) is 0. The fourth-order valence-corrected chi connectivity index (χ4v) is 9.31. The van der Waals surface area contributed by atoms with E-state index in [9.17, 15) is 37.9 Å². The molecule has 12 nitrogen and oxygen atoms in total. The third kappa shape index (κ3) is 37.3. The van der Waals surface area contributed by atoms with E-state index >= 15 is 0 Å². The Balaban J connectivity index is 2.33. The van der Waals surface area contributed by atoms with Crippen molar-refractivity contribution in [3.63, 3.8) is 0 Å². The number of hydrogen-bond acceptors (Lipinski definition) is 11. The predicted molar refractivity (Wildman–Crippen MR) is 266 cm³/mol. The third-order valence-electron chi connectivity index (χ3n) is 12.8. The first-order valence-corrected chi connectivity index (χ1v) is 28.9. The van der Waals surface area contributed by atoms with E-state index in [1.807, 2.05) is 0 Å². The van der Waals surface area contributed by atoms with E-state index in [0.717, 1.165) is 38.5 Å². The van der Waals surface area contributed by atoms with Crippen LogP contribution in [0.15, 0.2) is 12.2 Å². The van der Waals surface area contributed by atoms with E-state index in [1.165, 1.54) is 180 Å². The van der Waals surface area contributed by atoms with E-state index in [2.05, 4.69) is 26.0 Å². The first-order valence-electron chi connectivity index (χ1n) is 27.2. The van der Waals surface area contributed by atoms with E-state index in [0.29, 0.717) is 12.8 Å². The van der Waals surface area contributed by atoms with Gasteiger partial charge in [-0.05, 0) is 38.5 Å². The van der Waals surface area contributed by atoms with Crippen LogP contribution in [0.5, 0.6) is 0 Å². The summed E-state index contributed by atoms with van der Waals surface area (Å²) in [7, 11) is -4.60. The molecule has 390 valence electrons. The molecule has 0 bridgehead atoms. The summed E-state index contributed by atoms with van der Waals surface area (Å²) in [4.78, 5) is 25.6. The van der Waals surface area contributed by atoms with Crippen LogP contribution in [0.25, 0.3) is 0 Å². The van der Waals surface area contributed by atoms with Gasteiger partial charge in [0.15, 0.2) is 12.4 Å². The molecule has 0 aromatic rings. The highest BCUT2D eigenvalue weighted by Gasteiger charge is 2.46. The number of carbonyl (C=O) groups excluding carboxylic acids is 2. The van der Waals surface area contributed by atoms with Gasteiger partial charge in [0.2, 0.25) is 0 Å². The van der Waals surface area contributed by atoms with E-state index in [-0.39, 0.29) is 19.4 Å². The smallest absolute Gasteiger partial charge is 0.306 e. The van der Waals surface area contributed by atoms with Crippen LogP contribution in [0.2, 0.25) is 0 Å². The van der Waals surface area contributed by atoms with Crippen molar-refractivity contribution in [2.45, 2.75) is 295 Å². The monoisotopic (exact) mass is 961 g/mol. The van der Waals surface area contributed by atoms with Gasteiger partial charge in [0.05, 0.1) is 6.61 Å². The standard InChI is InChI=1S/C53H100O12S/c1-3-5-7-9-11-13-15-17-19-21-23-25-27-29-31-33-35-37-39-41-48(54)62-43-46(44-63-53-52(58)51(57)50(56)47(65-53)45-66(59,60)61)64-49(55)42-40-38-36-34-32-30-28-26-24-22-20-18-16-14-12-10-8-6-4-2/h18,20,46-47,50-53,56-58H,3-17,19,21-45H2,1-2H3,(H,59,60,61)/b20-18-. The van der Waals surface area contributed by atoms with Crippen LogP contribution in [-0.2, 0) is 38.7 Å². The van der Waals surface area contributed by atoms with E-state index in [1.54, 1.807) is 0 Å². The van der Waals surface area contributed by atoms with Gasteiger partial charge in [0.25, 0.3) is 10.1 Å². The molecule has 1 fully saturated rings. The molecule has 0 spiro atoms. The van der Waals surface area contributed by atoms with Crippen molar-refractivity contribution in [2.24, 2.45) is 0 Å². The van der Waals surface area contributed by atoms with Crippen molar-refractivity contribution in [3.05, 3.63) is 12.2 Å². The maximum absolute atomic E-state index is 12.9. The average Bonchev–Trinajstić information content (AvgIpc) is 3.28. The lowest BCUT2D eigenvalue weighted by atomic mass is 10.00. The molecule has 0 saturated carbocycles. The topological polar surface area (TPSA) is 186 Å². The highest BCUT2D eigenvalue weighted by molar-refractivity contribution is 7.85. The van der Waals surface area contributed by atoms with Crippen molar-refractivity contribution >= 4 is 22.1 Å². The minimum absolute atomic E-state index is 0.167. The molecule has 1 aliphatic heterocycles. The zero-order chi connectivity index (χ0) is 48.4. The van der Waals surface area contributed by atoms with Gasteiger partial charge < -0.3 is 34.3 Å². The molecule has 1 saturated heterocycles. The number of allylic oxidation sites excluding steroid dienone is 2. The molecule has 0 aromatic heterocycles. The van der Waals surface area contributed by atoms with Crippen LogP contribution < -0.4 is 0 Å². The first-order chi connectivity index (χ1) is 32.0. The Labute approximate surface area is 403 Å². The highest BCUT2D eigenvalue weighted by Crippen LogP contribution is 2.24. The molecule has 0 aromatic carbocycles. The molecule has 0 radical (unpaired) electrons. The van der Waals surface area contributed by atoms with Crippen LogP contribution >= 0.6 is 0 Å². The SMILES string of the molecule is CCCCCCCC/C=C\CCCCCCCCCCCC(=O)OC(COC(=O)CCCCCCCCCCCCCCCCCCCCC)COC1OC(CS(=O)(=O)O)C(O)C(O)C1O. The zero-order valence-electron chi connectivity index (χ0n) is 42.1. The number of carbonyl (C=O) groups is 2. The van der Waals surface area contributed by atoms with Gasteiger partial charge in [-0.1, -0.05) is 219 Å². The Morgan fingerprint density at radius 3 is 1.26 bits per heavy atom. The molecule has 13 heteroatoms. The number of aliphatic hydroxyl groups excluding tert-OH is 3. The fourth-order valence-electron chi connectivity index (χ4n) is 8.62. The van der Waals surface area contributed by atoms with Gasteiger partial charge in [-0.15, -0.1) is 0 Å². The molecule has 1 rings (SSSR count). The fraction of sp³-hybridized carbons (Fsp3) is 0.925.